The highest BCUT2D eigenvalue weighted by molar-refractivity contribution is 6.33. The molecule has 2 aromatic carbocycles. The van der Waals surface area contributed by atoms with Gasteiger partial charge in [-0.2, -0.15) is 23.1 Å². The Bertz CT molecular complexity index is 1420. The molecule has 1 aliphatic rings. The van der Waals surface area contributed by atoms with E-state index in [4.69, 9.17) is 37.7 Å². The second-order valence-corrected chi connectivity index (χ2v) is 9.72. The molecule has 38 heavy (non-hydrogen) atoms. The smallest absolute Gasteiger partial charge is 0.391 e. The topological polar surface area (TPSA) is 65.3 Å². The fraction of sp³-hybridized carbons (Fsp3) is 0.346. The zero-order chi connectivity index (χ0) is 26.9. The summed E-state index contributed by atoms with van der Waals surface area (Å²) in [5, 5.41) is 1.04. The third kappa shape index (κ3) is 5.39. The van der Waals surface area contributed by atoms with Crippen LogP contribution in [0.5, 0.6) is 6.01 Å². The highest BCUT2D eigenvalue weighted by Crippen LogP contribution is 2.39. The molecule has 3 heterocycles. The molecule has 0 amide bonds. The maximum Gasteiger partial charge on any atom is 0.391 e. The van der Waals surface area contributed by atoms with Gasteiger partial charge in [0.2, 0.25) is 0 Å². The number of anilines is 1. The molecular weight excluding hydrogens is 542 g/mol. The molecule has 200 valence electrons. The molecule has 0 spiro atoms. The van der Waals surface area contributed by atoms with Gasteiger partial charge in [-0.25, -0.2) is 4.98 Å². The number of fused-ring (bicyclic) bond motifs is 1. The van der Waals surface area contributed by atoms with Crippen molar-refractivity contribution in [3.8, 4) is 23.1 Å². The van der Waals surface area contributed by atoms with Gasteiger partial charge in [-0.15, -0.1) is 0 Å². The summed E-state index contributed by atoms with van der Waals surface area (Å²) in [7, 11) is 1.55. The fourth-order valence-corrected chi connectivity index (χ4v) is 4.85. The molecule has 7 nitrogen and oxygen atoms in total. The summed E-state index contributed by atoms with van der Waals surface area (Å²) >= 11 is 12.7. The molecule has 0 saturated carbocycles. The Morgan fingerprint density at radius 2 is 1.66 bits per heavy atom. The number of rotatable bonds is 7. The maximum atomic E-state index is 13.3. The van der Waals surface area contributed by atoms with Crippen molar-refractivity contribution in [2.24, 2.45) is 5.92 Å². The fourth-order valence-electron chi connectivity index (χ4n) is 4.50. The van der Waals surface area contributed by atoms with E-state index in [0.717, 1.165) is 5.69 Å². The number of piperidine rings is 1. The van der Waals surface area contributed by atoms with Crippen molar-refractivity contribution < 1.29 is 22.6 Å². The van der Waals surface area contributed by atoms with Crippen molar-refractivity contribution in [3.05, 3.63) is 58.6 Å². The highest BCUT2D eigenvalue weighted by Gasteiger charge is 2.41. The first-order valence-electron chi connectivity index (χ1n) is 12.0. The summed E-state index contributed by atoms with van der Waals surface area (Å²) in [6.45, 7) is 0.852. The van der Waals surface area contributed by atoms with Crippen LogP contribution in [0.25, 0.3) is 28.2 Å². The van der Waals surface area contributed by atoms with Crippen molar-refractivity contribution in [3.63, 3.8) is 0 Å². The van der Waals surface area contributed by atoms with Crippen molar-refractivity contribution in [2.75, 3.05) is 38.3 Å². The van der Waals surface area contributed by atoms with E-state index in [0.29, 0.717) is 45.0 Å². The minimum absolute atomic E-state index is 0.0376. The molecule has 5 rings (SSSR count). The van der Waals surface area contributed by atoms with Crippen LogP contribution in [0.15, 0.2) is 48.5 Å². The Morgan fingerprint density at radius 1 is 0.947 bits per heavy atom. The standard InChI is InChI=1S/C26H24Cl2F3N5O2/c1-37-14-15-38-25-33-23(35-12-10-16(11-13-35)26(29,30)31)21-24(34-25)36(18-8-6-17(27)7-9-18)22(32-21)19-4-2-3-5-20(19)28/h2-9,16H,10-15H2,1H3. The van der Waals surface area contributed by atoms with Crippen LogP contribution < -0.4 is 9.64 Å². The van der Waals surface area contributed by atoms with Crippen LogP contribution >= 0.6 is 23.2 Å². The van der Waals surface area contributed by atoms with E-state index < -0.39 is 12.1 Å². The van der Waals surface area contributed by atoms with Crippen LogP contribution in [-0.4, -0.2) is 59.1 Å². The maximum absolute atomic E-state index is 13.3. The van der Waals surface area contributed by atoms with E-state index in [1.807, 2.05) is 39.8 Å². The number of benzene rings is 2. The quantitative estimate of drug-likeness (QED) is 0.235. The molecule has 1 fully saturated rings. The molecule has 0 atom stereocenters. The molecule has 4 aromatic rings. The summed E-state index contributed by atoms with van der Waals surface area (Å²) < 4.78 is 52.7. The zero-order valence-corrected chi connectivity index (χ0v) is 21.9. The van der Waals surface area contributed by atoms with Gasteiger partial charge in [0.05, 0.1) is 17.5 Å². The largest absolute Gasteiger partial charge is 0.461 e. The normalized spacial score (nSPS) is 14.8. The first kappa shape index (κ1) is 26.5. The third-order valence-corrected chi connectivity index (χ3v) is 7.03. The molecule has 0 N–H and O–H groups in total. The van der Waals surface area contributed by atoms with Crippen molar-refractivity contribution >= 4 is 40.2 Å². The summed E-state index contributed by atoms with van der Waals surface area (Å²) in [4.78, 5) is 16.0. The van der Waals surface area contributed by atoms with Gasteiger partial charge in [-0.05, 0) is 49.2 Å². The minimum Gasteiger partial charge on any atom is -0.461 e. The molecular formula is C26H24Cl2F3N5O2. The van der Waals surface area contributed by atoms with E-state index in [2.05, 4.69) is 9.97 Å². The first-order chi connectivity index (χ1) is 18.3. The molecule has 1 saturated heterocycles. The number of halogens is 5. The Hall–Kier alpha value is -3.08. The third-order valence-electron chi connectivity index (χ3n) is 6.44. The average Bonchev–Trinajstić information content (AvgIpc) is 3.28. The Morgan fingerprint density at radius 3 is 2.32 bits per heavy atom. The number of methoxy groups -OCH3 is 1. The second-order valence-electron chi connectivity index (χ2n) is 8.87. The number of alkyl halides is 3. The van der Waals surface area contributed by atoms with E-state index in [-0.39, 0.29) is 38.5 Å². The van der Waals surface area contributed by atoms with Crippen LogP contribution in [0.1, 0.15) is 12.8 Å². The SMILES string of the molecule is COCCOc1nc(N2CCC(C(F)(F)F)CC2)c2nc(-c3ccccc3Cl)n(-c3ccc(Cl)cc3)c2n1. The molecule has 0 bridgehead atoms. The van der Waals surface area contributed by atoms with Crippen LogP contribution in [0.2, 0.25) is 10.0 Å². The molecule has 2 aromatic heterocycles. The molecule has 1 aliphatic heterocycles. The number of aromatic nitrogens is 4. The van der Waals surface area contributed by atoms with Gasteiger partial charge in [0.15, 0.2) is 17.0 Å². The van der Waals surface area contributed by atoms with Gasteiger partial charge >= 0.3 is 12.2 Å². The Balaban J connectivity index is 1.70. The lowest BCUT2D eigenvalue weighted by Gasteiger charge is -2.33. The van der Waals surface area contributed by atoms with Crippen LogP contribution in [0.4, 0.5) is 19.0 Å². The monoisotopic (exact) mass is 565 g/mol. The predicted octanol–water partition coefficient (Wildman–Crippen LogP) is 6.59. The first-order valence-corrected chi connectivity index (χ1v) is 12.8. The van der Waals surface area contributed by atoms with Gasteiger partial charge in [0.1, 0.15) is 12.4 Å². The molecule has 0 radical (unpaired) electrons. The molecule has 0 unspecified atom stereocenters. The van der Waals surface area contributed by atoms with E-state index in [1.165, 1.54) is 0 Å². The van der Waals surface area contributed by atoms with Crippen molar-refractivity contribution in [2.45, 2.75) is 19.0 Å². The lowest BCUT2D eigenvalue weighted by atomic mass is 9.96. The van der Waals surface area contributed by atoms with Gasteiger partial charge in [0, 0.05) is 36.5 Å². The van der Waals surface area contributed by atoms with Gasteiger partial charge < -0.3 is 14.4 Å². The lowest BCUT2D eigenvalue weighted by Crippen LogP contribution is -2.39. The van der Waals surface area contributed by atoms with Crippen LogP contribution in [0, 0.1) is 5.92 Å². The van der Waals surface area contributed by atoms with Gasteiger partial charge in [0.25, 0.3) is 0 Å². The van der Waals surface area contributed by atoms with Crippen LogP contribution in [-0.2, 0) is 4.74 Å². The van der Waals surface area contributed by atoms with Gasteiger partial charge in [-0.1, -0.05) is 35.3 Å². The molecule has 0 aliphatic carbocycles. The van der Waals surface area contributed by atoms with E-state index in [9.17, 15) is 13.2 Å². The number of hydrogen-bond donors (Lipinski definition) is 0. The van der Waals surface area contributed by atoms with Crippen molar-refractivity contribution in [1.29, 1.82) is 0 Å². The second kappa shape index (κ2) is 11.0. The van der Waals surface area contributed by atoms with Crippen molar-refractivity contribution in [1.82, 2.24) is 19.5 Å². The summed E-state index contributed by atoms with van der Waals surface area (Å²) in [5.74, 6) is -0.439. The van der Waals surface area contributed by atoms with E-state index >= 15 is 0 Å². The number of imidazole rings is 1. The average molecular weight is 566 g/mol. The highest BCUT2D eigenvalue weighted by atomic mass is 35.5. The number of ether oxygens (including phenoxy) is 2. The Kier molecular flexibility index (Phi) is 7.65. The molecule has 12 heteroatoms. The number of hydrogen-bond acceptors (Lipinski definition) is 6. The minimum atomic E-state index is -4.23. The van der Waals surface area contributed by atoms with Gasteiger partial charge in [-0.3, -0.25) is 4.57 Å². The predicted molar refractivity (Wildman–Crippen MR) is 140 cm³/mol. The summed E-state index contributed by atoms with van der Waals surface area (Å²) in [6, 6.07) is 14.5. The summed E-state index contributed by atoms with van der Waals surface area (Å²) in [5.41, 5.74) is 2.23. The summed E-state index contributed by atoms with van der Waals surface area (Å²) in [6.07, 6.45) is -4.30. The van der Waals surface area contributed by atoms with E-state index in [1.54, 1.807) is 25.3 Å². The lowest BCUT2D eigenvalue weighted by molar-refractivity contribution is -0.179. The number of nitrogens with zero attached hydrogens (tertiary/aromatic N) is 5. The Labute approximate surface area is 227 Å². The zero-order valence-electron chi connectivity index (χ0n) is 20.4. The van der Waals surface area contributed by atoms with Crippen LogP contribution in [0.3, 0.4) is 0 Å².